The highest BCUT2D eigenvalue weighted by atomic mass is 16.6. The number of methoxy groups -OCH3 is 1. The molecule has 0 rings (SSSR count). The number of amides is 1. The number of hydrogen-bond acceptors (Lipinski definition) is 6. The van der Waals surface area contributed by atoms with Crippen LogP contribution in [-0.2, 0) is 14.3 Å². The van der Waals surface area contributed by atoms with E-state index in [1.165, 1.54) is 12.0 Å². The molecule has 3 unspecified atom stereocenters. The van der Waals surface area contributed by atoms with Crippen LogP contribution >= 0.6 is 0 Å². The zero-order valence-corrected chi connectivity index (χ0v) is 14.5. The Hall–Kier alpha value is -1.34. The van der Waals surface area contributed by atoms with Crippen molar-refractivity contribution in [3.05, 3.63) is 0 Å². The molecule has 0 aromatic rings. The molecular formula is C15H30N2O5. The summed E-state index contributed by atoms with van der Waals surface area (Å²) in [6.45, 7) is 8.86. The van der Waals surface area contributed by atoms with E-state index in [0.717, 1.165) is 0 Å². The van der Waals surface area contributed by atoms with E-state index >= 15 is 0 Å². The van der Waals surface area contributed by atoms with E-state index < -0.39 is 29.8 Å². The van der Waals surface area contributed by atoms with Gasteiger partial charge in [-0.15, -0.1) is 0 Å². The maximum absolute atomic E-state index is 12.4. The highest BCUT2D eigenvalue weighted by Gasteiger charge is 2.34. The second-order valence-electron chi connectivity index (χ2n) is 6.32. The third-order valence-corrected chi connectivity index (χ3v) is 3.34. The third-order valence-electron chi connectivity index (χ3n) is 3.34. The van der Waals surface area contributed by atoms with Gasteiger partial charge in [0.05, 0.1) is 13.2 Å². The van der Waals surface area contributed by atoms with Crippen molar-refractivity contribution in [1.82, 2.24) is 4.90 Å². The highest BCUT2D eigenvalue weighted by molar-refractivity contribution is 5.81. The number of esters is 1. The van der Waals surface area contributed by atoms with Crippen molar-refractivity contribution in [2.75, 3.05) is 20.2 Å². The van der Waals surface area contributed by atoms with Crippen LogP contribution in [0, 0.1) is 5.92 Å². The Bertz CT molecular complexity index is 365. The van der Waals surface area contributed by atoms with E-state index in [0.29, 0.717) is 6.42 Å². The topological polar surface area (TPSA) is 102 Å². The fourth-order valence-electron chi connectivity index (χ4n) is 2.01. The molecule has 130 valence electrons. The van der Waals surface area contributed by atoms with Gasteiger partial charge in [-0.25, -0.2) is 9.59 Å². The molecule has 3 atom stereocenters. The fraction of sp³-hybridized carbons (Fsp3) is 0.867. The number of aliphatic hydroxyl groups excluding tert-OH is 1. The van der Waals surface area contributed by atoms with E-state index in [1.807, 2.05) is 6.92 Å². The molecule has 0 aliphatic rings. The molecule has 0 aliphatic carbocycles. The Morgan fingerprint density at radius 1 is 1.32 bits per heavy atom. The van der Waals surface area contributed by atoms with Crippen LogP contribution in [0.3, 0.4) is 0 Å². The van der Waals surface area contributed by atoms with Crippen molar-refractivity contribution < 1.29 is 24.2 Å². The van der Waals surface area contributed by atoms with E-state index in [2.05, 4.69) is 0 Å². The molecule has 22 heavy (non-hydrogen) atoms. The molecule has 1 amide bonds. The Morgan fingerprint density at radius 2 is 1.86 bits per heavy atom. The van der Waals surface area contributed by atoms with Gasteiger partial charge in [0.15, 0.2) is 0 Å². The van der Waals surface area contributed by atoms with Crippen LogP contribution < -0.4 is 5.73 Å². The quantitative estimate of drug-likeness (QED) is 0.682. The molecule has 0 radical (unpaired) electrons. The normalized spacial score (nSPS) is 15.6. The van der Waals surface area contributed by atoms with Gasteiger partial charge in [-0.3, -0.25) is 4.90 Å². The van der Waals surface area contributed by atoms with Gasteiger partial charge in [0.25, 0.3) is 0 Å². The lowest BCUT2D eigenvalue weighted by molar-refractivity contribution is -0.146. The summed E-state index contributed by atoms with van der Waals surface area (Å²) in [5.74, 6) is -0.792. The van der Waals surface area contributed by atoms with Gasteiger partial charge >= 0.3 is 12.1 Å². The highest BCUT2D eigenvalue weighted by Crippen LogP contribution is 2.17. The number of nitrogens with two attached hydrogens (primary N) is 1. The predicted octanol–water partition coefficient (Wildman–Crippen LogP) is 1.13. The summed E-state index contributed by atoms with van der Waals surface area (Å²) in [7, 11) is 1.24. The average Bonchev–Trinajstić information content (AvgIpc) is 2.40. The van der Waals surface area contributed by atoms with Gasteiger partial charge in [0.2, 0.25) is 0 Å². The smallest absolute Gasteiger partial charge is 0.411 e. The maximum Gasteiger partial charge on any atom is 0.411 e. The number of ether oxygens (including phenoxy) is 2. The molecule has 0 saturated heterocycles. The first-order valence-electron chi connectivity index (χ1n) is 7.52. The second-order valence-corrected chi connectivity index (χ2v) is 6.32. The van der Waals surface area contributed by atoms with Crippen molar-refractivity contribution in [1.29, 1.82) is 0 Å². The summed E-state index contributed by atoms with van der Waals surface area (Å²) in [6, 6.07) is -0.937. The van der Waals surface area contributed by atoms with Gasteiger partial charge in [-0.2, -0.15) is 0 Å². The van der Waals surface area contributed by atoms with Crippen molar-refractivity contribution in [2.45, 2.75) is 58.8 Å². The summed E-state index contributed by atoms with van der Waals surface area (Å²) in [5.41, 5.74) is 4.93. The summed E-state index contributed by atoms with van der Waals surface area (Å²) in [5, 5.41) is 9.80. The summed E-state index contributed by atoms with van der Waals surface area (Å²) >= 11 is 0. The zero-order chi connectivity index (χ0) is 17.5. The van der Waals surface area contributed by atoms with Gasteiger partial charge in [0, 0.05) is 19.0 Å². The Balaban J connectivity index is 5.36. The van der Waals surface area contributed by atoms with E-state index in [4.69, 9.17) is 15.2 Å². The van der Waals surface area contributed by atoms with Crippen LogP contribution in [0.5, 0.6) is 0 Å². The lowest BCUT2D eigenvalue weighted by atomic mass is 9.99. The molecule has 0 fully saturated rings. The summed E-state index contributed by atoms with van der Waals surface area (Å²) in [4.78, 5) is 25.5. The monoisotopic (exact) mass is 318 g/mol. The Labute approximate surface area is 132 Å². The van der Waals surface area contributed by atoms with Crippen LogP contribution in [0.15, 0.2) is 0 Å². The number of carbonyl (C=O) groups is 2. The molecule has 0 aromatic heterocycles. The van der Waals surface area contributed by atoms with Crippen LogP contribution in [0.2, 0.25) is 0 Å². The van der Waals surface area contributed by atoms with Crippen LogP contribution in [0.25, 0.3) is 0 Å². The first-order valence-corrected chi connectivity index (χ1v) is 7.52. The molecule has 0 heterocycles. The molecule has 0 saturated carbocycles. The first kappa shape index (κ1) is 20.7. The van der Waals surface area contributed by atoms with Gasteiger partial charge < -0.3 is 20.3 Å². The number of aliphatic hydroxyl groups is 1. The molecule has 0 bridgehead atoms. The lowest BCUT2D eigenvalue weighted by Gasteiger charge is -2.34. The number of rotatable bonds is 7. The molecule has 0 aliphatic heterocycles. The number of hydrogen-bond donors (Lipinski definition) is 2. The minimum absolute atomic E-state index is 0.0812. The first-order chi connectivity index (χ1) is 10.1. The van der Waals surface area contributed by atoms with E-state index in [9.17, 15) is 14.7 Å². The molecule has 0 spiro atoms. The Morgan fingerprint density at radius 3 is 2.18 bits per heavy atom. The molecule has 7 nitrogen and oxygen atoms in total. The minimum atomic E-state index is -0.937. The van der Waals surface area contributed by atoms with Gasteiger partial charge in [-0.05, 0) is 34.1 Å². The minimum Gasteiger partial charge on any atom is -0.467 e. The zero-order valence-electron chi connectivity index (χ0n) is 14.5. The summed E-state index contributed by atoms with van der Waals surface area (Å²) < 4.78 is 10.1. The van der Waals surface area contributed by atoms with Crippen LogP contribution in [0.1, 0.15) is 41.0 Å². The maximum atomic E-state index is 12.4. The van der Waals surface area contributed by atoms with Crippen molar-refractivity contribution in [3.8, 4) is 0 Å². The van der Waals surface area contributed by atoms with Crippen molar-refractivity contribution in [3.63, 3.8) is 0 Å². The lowest BCUT2D eigenvalue weighted by Crippen LogP contribution is -2.53. The van der Waals surface area contributed by atoms with E-state index in [-0.39, 0.29) is 19.0 Å². The van der Waals surface area contributed by atoms with Crippen molar-refractivity contribution in [2.24, 2.45) is 11.7 Å². The second kappa shape index (κ2) is 8.95. The largest absolute Gasteiger partial charge is 0.467 e. The SMILES string of the molecule is CCC(CN(C(=O)OC(C)(C)C)C(CN)C(=O)OC)C(C)O. The molecule has 3 N–H and O–H groups in total. The summed E-state index contributed by atoms with van der Waals surface area (Å²) in [6.07, 6.45) is -0.617. The van der Waals surface area contributed by atoms with E-state index in [1.54, 1.807) is 27.7 Å². The van der Waals surface area contributed by atoms with Crippen molar-refractivity contribution >= 4 is 12.1 Å². The van der Waals surface area contributed by atoms with Gasteiger partial charge in [0.1, 0.15) is 11.6 Å². The molecule has 0 aromatic carbocycles. The van der Waals surface area contributed by atoms with Crippen LogP contribution in [-0.4, -0.2) is 60.0 Å². The fourth-order valence-corrected chi connectivity index (χ4v) is 2.01. The Kier molecular flexibility index (Phi) is 8.40. The molecular weight excluding hydrogens is 288 g/mol. The number of nitrogens with zero attached hydrogens (tertiary/aromatic N) is 1. The number of carbonyl (C=O) groups excluding carboxylic acids is 2. The van der Waals surface area contributed by atoms with Crippen LogP contribution in [0.4, 0.5) is 4.79 Å². The standard InChI is InChI=1S/C15H30N2O5/c1-7-11(10(2)18)9-17(12(8-16)13(19)21-6)14(20)22-15(3,4)5/h10-12,18H,7-9,16H2,1-6H3. The predicted molar refractivity (Wildman–Crippen MR) is 83.3 cm³/mol. The average molecular weight is 318 g/mol. The van der Waals surface area contributed by atoms with Gasteiger partial charge in [-0.1, -0.05) is 6.92 Å². The molecule has 7 heteroatoms. The third kappa shape index (κ3) is 6.62.